The number of anilines is 2. The first-order valence-corrected chi connectivity index (χ1v) is 7.00. The third kappa shape index (κ3) is 3.63. The summed E-state index contributed by atoms with van der Waals surface area (Å²) >= 11 is 0. The first kappa shape index (κ1) is 14.7. The molecule has 0 atom stereocenters. The van der Waals surface area contributed by atoms with E-state index in [2.05, 4.69) is 4.90 Å². The quantitative estimate of drug-likeness (QED) is 0.513. The van der Waals surface area contributed by atoms with E-state index >= 15 is 0 Å². The van der Waals surface area contributed by atoms with Crippen molar-refractivity contribution in [1.82, 2.24) is 0 Å². The molecule has 2 rings (SSSR count). The first-order valence-electron chi connectivity index (χ1n) is 7.00. The molecule has 20 heavy (non-hydrogen) atoms. The molecule has 1 heterocycles. The van der Waals surface area contributed by atoms with Gasteiger partial charge in [-0.3, -0.25) is 0 Å². The number of rotatable bonds is 2. The van der Waals surface area contributed by atoms with E-state index in [0.717, 1.165) is 18.1 Å². The molecule has 5 nitrogen and oxygen atoms in total. The molecule has 1 amide bonds. The SMILES string of the molecule is CC(C)(C)OC(=O)N(N)c1ccc(N2CCCC2)cc1. The summed E-state index contributed by atoms with van der Waals surface area (Å²) in [5.74, 6) is 5.79. The zero-order chi connectivity index (χ0) is 14.8. The van der Waals surface area contributed by atoms with Crippen molar-refractivity contribution in [2.75, 3.05) is 23.0 Å². The molecule has 0 spiro atoms. The fourth-order valence-corrected chi connectivity index (χ4v) is 2.22. The highest BCUT2D eigenvalue weighted by Crippen LogP contribution is 2.23. The summed E-state index contributed by atoms with van der Waals surface area (Å²) < 4.78 is 5.24. The number of hydrogen-bond acceptors (Lipinski definition) is 4. The van der Waals surface area contributed by atoms with Gasteiger partial charge in [-0.1, -0.05) is 0 Å². The Balaban J connectivity index is 2.03. The van der Waals surface area contributed by atoms with Gasteiger partial charge in [0.15, 0.2) is 0 Å². The molecule has 1 fully saturated rings. The number of nitrogens with two attached hydrogens (primary N) is 1. The maximum absolute atomic E-state index is 11.9. The van der Waals surface area contributed by atoms with Crippen molar-refractivity contribution in [3.05, 3.63) is 24.3 Å². The molecular formula is C15H23N3O2. The molecule has 0 unspecified atom stereocenters. The lowest BCUT2D eigenvalue weighted by Crippen LogP contribution is -2.41. The largest absolute Gasteiger partial charge is 0.442 e. The van der Waals surface area contributed by atoms with Crippen molar-refractivity contribution in [2.45, 2.75) is 39.2 Å². The van der Waals surface area contributed by atoms with Crippen LogP contribution in [0.5, 0.6) is 0 Å². The van der Waals surface area contributed by atoms with E-state index in [1.807, 2.05) is 45.0 Å². The van der Waals surface area contributed by atoms with Crippen LogP contribution in [0.4, 0.5) is 16.2 Å². The highest BCUT2D eigenvalue weighted by molar-refractivity contribution is 5.86. The van der Waals surface area contributed by atoms with Crippen LogP contribution in [-0.2, 0) is 4.74 Å². The van der Waals surface area contributed by atoms with E-state index in [1.165, 1.54) is 18.5 Å². The topological polar surface area (TPSA) is 58.8 Å². The molecule has 1 aliphatic heterocycles. The molecule has 2 N–H and O–H groups in total. The lowest BCUT2D eigenvalue weighted by atomic mass is 10.2. The van der Waals surface area contributed by atoms with Crippen LogP contribution in [0.25, 0.3) is 0 Å². The van der Waals surface area contributed by atoms with Crippen LogP contribution in [0.1, 0.15) is 33.6 Å². The summed E-state index contributed by atoms with van der Waals surface area (Å²) in [6, 6.07) is 7.67. The number of hydrogen-bond donors (Lipinski definition) is 1. The zero-order valence-electron chi connectivity index (χ0n) is 12.4. The van der Waals surface area contributed by atoms with Gasteiger partial charge in [0, 0.05) is 18.8 Å². The normalized spacial score (nSPS) is 15.3. The van der Waals surface area contributed by atoms with Gasteiger partial charge >= 0.3 is 6.09 Å². The Hall–Kier alpha value is -1.75. The van der Waals surface area contributed by atoms with E-state index in [-0.39, 0.29) is 0 Å². The Morgan fingerprint density at radius 3 is 2.25 bits per heavy atom. The first-order chi connectivity index (χ1) is 9.37. The second-order valence-corrected chi connectivity index (χ2v) is 6.06. The second-order valence-electron chi connectivity index (χ2n) is 6.06. The lowest BCUT2D eigenvalue weighted by molar-refractivity contribution is 0.0580. The minimum Gasteiger partial charge on any atom is -0.442 e. The molecule has 0 saturated carbocycles. The van der Waals surface area contributed by atoms with E-state index in [1.54, 1.807) is 0 Å². The maximum Gasteiger partial charge on any atom is 0.429 e. The Morgan fingerprint density at radius 1 is 1.20 bits per heavy atom. The van der Waals surface area contributed by atoms with Gasteiger partial charge in [0.05, 0.1) is 5.69 Å². The molecule has 1 aromatic carbocycles. The number of carbonyl (C=O) groups excluding carboxylic acids is 1. The van der Waals surface area contributed by atoms with Crippen LogP contribution in [-0.4, -0.2) is 24.8 Å². The summed E-state index contributed by atoms with van der Waals surface area (Å²) in [4.78, 5) is 14.2. The van der Waals surface area contributed by atoms with Crippen molar-refractivity contribution < 1.29 is 9.53 Å². The zero-order valence-corrected chi connectivity index (χ0v) is 12.4. The molecule has 110 valence electrons. The standard InChI is InChI=1S/C15H23N3O2/c1-15(2,3)20-14(19)18(16)13-8-6-12(7-9-13)17-10-4-5-11-17/h6-9H,4-5,10-11,16H2,1-3H3. The van der Waals surface area contributed by atoms with Crippen LogP contribution in [0.3, 0.4) is 0 Å². The van der Waals surface area contributed by atoms with Gasteiger partial charge in [0.1, 0.15) is 5.60 Å². The molecule has 1 aromatic rings. The predicted molar refractivity (Wildman–Crippen MR) is 80.8 cm³/mol. The lowest BCUT2D eigenvalue weighted by Gasteiger charge is -2.24. The van der Waals surface area contributed by atoms with Crippen LogP contribution in [0, 0.1) is 0 Å². The fourth-order valence-electron chi connectivity index (χ4n) is 2.22. The van der Waals surface area contributed by atoms with Gasteiger partial charge < -0.3 is 9.64 Å². The van der Waals surface area contributed by atoms with Crippen LogP contribution >= 0.6 is 0 Å². The molecule has 0 aromatic heterocycles. The van der Waals surface area contributed by atoms with Crippen molar-refractivity contribution in [3.63, 3.8) is 0 Å². The van der Waals surface area contributed by atoms with E-state index in [9.17, 15) is 4.79 Å². The number of hydrazine groups is 1. The molecular weight excluding hydrogens is 254 g/mol. The van der Waals surface area contributed by atoms with E-state index in [4.69, 9.17) is 10.6 Å². The van der Waals surface area contributed by atoms with Gasteiger partial charge in [-0.05, 0) is 57.9 Å². The third-order valence-electron chi connectivity index (χ3n) is 3.19. The molecule has 5 heteroatoms. The number of ether oxygens (including phenoxy) is 1. The van der Waals surface area contributed by atoms with Crippen LogP contribution in [0.2, 0.25) is 0 Å². The van der Waals surface area contributed by atoms with E-state index < -0.39 is 11.7 Å². The molecule has 1 saturated heterocycles. The number of nitrogens with zero attached hydrogens (tertiary/aromatic N) is 2. The average molecular weight is 277 g/mol. The summed E-state index contributed by atoms with van der Waals surface area (Å²) in [5, 5.41) is 1.04. The van der Waals surface area contributed by atoms with Gasteiger partial charge in [-0.25, -0.2) is 15.6 Å². The van der Waals surface area contributed by atoms with Gasteiger partial charge in [0.25, 0.3) is 0 Å². The second kappa shape index (κ2) is 5.71. The van der Waals surface area contributed by atoms with Gasteiger partial charge in [-0.15, -0.1) is 0 Å². The average Bonchev–Trinajstić information content (AvgIpc) is 2.90. The molecule has 0 bridgehead atoms. The summed E-state index contributed by atoms with van der Waals surface area (Å²) in [5.41, 5.74) is 1.25. The number of benzene rings is 1. The highest BCUT2D eigenvalue weighted by Gasteiger charge is 2.21. The van der Waals surface area contributed by atoms with Crippen molar-refractivity contribution in [1.29, 1.82) is 0 Å². The van der Waals surface area contributed by atoms with Crippen LogP contribution in [0.15, 0.2) is 24.3 Å². The number of carbonyl (C=O) groups is 1. The summed E-state index contributed by atoms with van der Waals surface area (Å²) in [6.45, 7) is 7.63. The minimum absolute atomic E-state index is 0.550. The Labute approximate surface area is 120 Å². The third-order valence-corrected chi connectivity index (χ3v) is 3.19. The summed E-state index contributed by atoms with van der Waals surface area (Å²) in [6.07, 6.45) is 1.93. The summed E-state index contributed by atoms with van der Waals surface area (Å²) in [7, 11) is 0. The monoisotopic (exact) mass is 277 g/mol. The molecule has 0 aliphatic carbocycles. The Morgan fingerprint density at radius 2 is 1.75 bits per heavy atom. The Kier molecular flexibility index (Phi) is 4.18. The fraction of sp³-hybridized carbons (Fsp3) is 0.533. The minimum atomic E-state index is -0.551. The maximum atomic E-state index is 11.9. The molecule has 1 aliphatic rings. The Bertz CT molecular complexity index is 459. The van der Waals surface area contributed by atoms with Crippen LogP contribution < -0.4 is 15.8 Å². The molecule has 0 radical (unpaired) electrons. The predicted octanol–water partition coefficient (Wildman–Crippen LogP) is 2.90. The van der Waals surface area contributed by atoms with E-state index in [0.29, 0.717) is 5.69 Å². The van der Waals surface area contributed by atoms with Gasteiger partial charge in [0.2, 0.25) is 0 Å². The number of amides is 1. The van der Waals surface area contributed by atoms with Crippen molar-refractivity contribution in [3.8, 4) is 0 Å². The van der Waals surface area contributed by atoms with Crippen molar-refractivity contribution in [2.24, 2.45) is 5.84 Å². The highest BCUT2D eigenvalue weighted by atomic mass is 16.6. The smallest absolute Gasteiger partial charge is 0.429 e. The van der Waals surface area contributed by atoms with Crippen molar-refractivity contribution >= 4 is 17.5 Å². The van der Waals surface area contributed by atoms with Gasteiger partial charge in [-0.2, -0.15) is 0 Å².